The number of morpholine rings is 1. The van der Waals surface area contributed by atoms with Gasteiger partial charge in [0.2, 0.25) is 0 Å². The van der Waals surface area contributed by atoms with Crippen molar-refractivity contribution in [1.82, 2.24) is 10.2 Å². The van der Waals surface area contributed by atoms with Gasteiger partial charge in [0.1, 0.15) is 0 Å². The van der Waals surface area contributed by atoms with Gasteiger partial charge < -0.3 is 10.1 Å². The van der Waals surface area contributed by atoms with Crippen LogP contribution >= 0.6 is 0 Å². The number of amides is 1. The molecule has 3 fully saturated rings. The third kappa shape index (κ3) is 4.42. The van der Waals surface area contributed by atoms with Crippen molar-refractivity contribution >= 4 is 5.91 Å². The van der Waals surface area contributed by atoms with Gasteiger partial charge >= 0.3 is 0 Å². The number of hydrogen-bond acceptors (Lipinski definition) is 3. The molecule has 0 unspecified atom stereocenters. The number of carbonyl (C=O) groups is 1. The second kappa shape index (κ2) is 7.08. The zero-order valence-electron chi connectivity index (χ0n) is 15.4. The molecular weight excluding hydrogens is 312 g/mol. The summed E-state index contributed by atoms with van der Waals surface area (Å²) in [6, 6.07) is 8.58. The summed E-state index contributed by atoms with van der Waals surface area (Å²) in [5.74, 6) is 1.58. The Morgan fingerprint density at radius 1 is 1.08 bits per heavy atom. The molecule has 1 aliphatic heterocycles. The van der Waals surface area contributed by atoms with Gasteiger partial charge in [0.15, 0.2) is 0 Å². The van der Waals surface area contributed by atoms with Crippen molar-refractivity contribution < 1.29 is 9.53 Å². The zero-order chi connectivity index (χ0) is 17.4. The van der Waals surface area contributed by atoms with Crippen LogP contribution in [0.15, 0.2) is 24.3 Å². The quantitative estimate of drug-likeness (QED) is 0.863. The van der Waals surface area contributed by atoms with Crippen LogP contribution in [0.1, 0.15) is 55.5 Å². The Balaban J connectivity index is 1.34. The van der Waals surface area contributed by atoms with E-state index in [0.29, 0.717) is 6.04 Å². The van der Waals surface area contributed by atoms with E-state index in [1.807, 2.05) is 12.1 Å². The number of ether oxygens (including phenoxy) is 1. The van der Waals surface area contributed by atoms with Crippen LogP contribution in [0, 0.1) is 11.8 Å². The highest BCUT2D eigenvalue weighted by Gasteiger charge is 2.42. The highest BCUT2D eigenvalue weighted by atomic mass is 16.5. The summed E-state index contributed by atoms with van der Waals surface area (Å²) in [5, 5.41) is 3.30. The number of nitrogens with one attached hydrogen (secondary N) is 1. The van der Waals surface area contributed by atoms with Gasteiger partial charge in [-0.2, -0.15) is 0 Å². The predicted octanol–water partition coefficient (Wildman–Crippen LogP) is 3.21. The maximum absolute atomic E-state index is 12.6. The minimum absolute atomic E-state index is 0.101. The molecular formula is C21H30N2O2. The Hall–Kier alpha value is -1.39. The van der Waals surface area contributed by atoms with E-state index in [4.69, 9.17) is 4.74 Å². The summed E-state index contributed by atoms with van der Waals surface area (Å²) in [7, 11) is 0. The van der Waals surface area contributed by atoms with Crippen LogP contribution in [0.25, 0.3) is 0 Å². The summed E-state index contributed by atoms with van der Waals surface area (Å²) in [5.41, 5.74) is 2.05. The molecule has 2 aliphatic carbocycles. The van der Waals surface area contributed by atoms with Gasteiger partial charge in [-0.05, 0) is 69.1 Å². The van der Waals surface area contributed by atoms with Crippen molar-refractivity contribution in [2.24, 2.45) is 11.8 Å². The maximum Gasteiger partial charge on any atom is 0.251 e. The minimum atomic E-state index is 0.101. The second-order valence-electron chi connectivity index (χ2n) is 8.32. The van der Waals surface area contributed by atoms with Gasteiger partial charge in [0, 0.05) is 31.2 Å². The van der Waals surface area contributed by atoms with E-state index in [9.17, 15) is 4.79 Å². The topological polar surface area (TPSA) is 41.6 Å². The first kappa shape index (κ1) is 17.0. The summed E-state index contributed by atoms with van der Waals surface area (Å²) < 4.78 is 5.80. The fourth-order valence-corrected chi connectivity index (χ4v) is 4.20. The standard InChI is InChI=1S/C21H30N2O2/c1-14-11-23(12-15(2)25-14)13-16-3-5-19(6-4-16)21(24)22-20(17-7-8-17)18-9-10-18/h3-6,14-15,17-18,20H,7-13H2,1-2H3,(H,22,24)/t14-,15-/m0/s1. The molecule has 4 heteroatoms. The number of benzene rings is 1. The van der Waals surface area contributed by atoms with Crippen LogP contribution in [0.3, 0.4) is 0 Å². The van der Waals surface area contributed by atoms with E-state index < -0.39 is 0 Å². The molecule has 1 amide bonds. The average Bonchev–Trinajstić information content (AvgIpc) is 3.46. The summed E-state index contributed by atoms with van der Waals surface area (Å²) in [4.78, 5) is 15.0. The number of carbonyl (C=O) groups excluding carboxylic acids is 1. The Morgan fingerprint density at radius 3 is 2.16 bits per heavy atom. The molecule has 0 spiro atoms. The first-order valence-electron chi connectivity index (χ1n) is 9.86. The van der Waals surface area contributed by atoms with Gasteiger partial charge in [-0.1, -0.05) is 12.1 Å². The lowest BCUT2D eigenvalue weighted by molar-refractivity contribution is -0.0704. The maximum atomic E-state index is 12.6. The first-order valence-corrected chi connectivity index (χ1v) is 9.86. The normalized spacial score (nSPS) is 27.5. The van der Waals surface area contributed by atoms with Crippen molar-refractivity contribution in [2.45, 2.75) is 64.3 Å². The number of nitrogens with zero attached hydrogens (tertiary/aromatic N) is 1. The lowest BCUT2D eigenvalue weighted by atomic mass is 10.1. The lowest BCUT2D eigenvalue weighted by Crippen LogP contribution is -2.44. The van der Waals surface area contributed by atoms with Crippen molar-refractivity contribution in [1.29, 1.82) is 0 Å². The third-order valence-electron chi connectivity index (χ3n) is 5.68. The first-order chi connectivity index (χ1) is 12.1. The lowest BCUT2D eigenvalue weighted by Gasteiger charge is -2.35. The molecule has 4 rings (SSSR count). The summed E-state index contributed by atoms with van der Waals surface area (Å²) in [6.07, 6.45) is 5.73. The van der Waals surface area contributed by atoms with Crippen LogP contribution < -0.4 is 5.32 Å². The van der Waals surface area contributed by atoms with Crippen molar-refractivity contribution in [3.8, 4) is 0 Å². The monoisotopic (exact) mass is 342 g/mol. The molecule has 3 aliphatic rings. The molecule has 0 bridgehead atoms. The molecule has 1 aromatic carbocycles. The van der Waals surface area contributed by atoms with Crippen LogP contribution in [0.4, 0.5) is 0 Å². The highest BCUT2D eigenvalue weighted by Crippen LogP contribution is 2.44. The van der Waals surface area contributed by atoms with Crippen LogP contribution in [-0.4, -0.2) is 42.1 Å². The molecule has 2 saturated carbocycles. The Labute approximate surface area is 150 Å². The average molecular weight is 342 g/mol. The Bertz CT molecular complexity index is 585. The van der Waals surface area contributed by atoms with Gasteiger partial charge in [0.05, 0.1) is 12.2 Å². The van der Waals surface area contributed by atoms with Crippen molar-refractivity contribution in [3.05, 3.63) is 35.4 Å². The van der Waals surface area contributed by atoms with Gasteiger partial charge in [-0.25, -0.2) is 0 Å². The molecule has 1 saturated heterocycles. The van der Waals surface area contributed by atoms with E-state index in [0.717, 1.165) is 37.0 Å². The SMILES string of the molecule is C[C@H]1CN(Cc2ccc(C(=O)NC(C3CC3)C3CC3)cc2)C[C@H](C)O1. The van der Waals surface area contributed by atoms with Gasteiger partial charge in [-0.3, -0.25) is 9.69 Å². The van der Waals surface area contributed by atoms with Crippen LogP contribution in [0.5, 0.6) is 0 Å². The van der Waals surface area contributed by atoms with Gasteiger partial charge in [0.25, 0.3) is 5.91 Å². The van der Waals surface area contributed by atoms with Crippen LogP contribution in [-0.2, 0) is 11.3 Å². The van der Waals surface area contributed by atoms with E-state index in [2.05, 4.69) is 36.2 Å². The molecule has 25 heavy (non-hydrogen) atoms. The van der Waals surface area contributed by atoms with Crippen molar-refractivity contribution in [2.75, 3.05) is 13.1 Å². The van der Waals surface area contributed by atoms with E-state index in [-0.39, 0.29) is 18.1 Å². The summed E-state index contributed by atoms with van der Waals surface area (Å²) in [6.45, 7) is 7.12. The molecule has 4 nitrogen and oxygen atoms in total. The number of rotatable bonds is 6. The highest BCUT2D eigenvalue weighted by molar-refractivity contribution is 5.94. The molecule has 2 atom stereocenters. The smallest absolute Gasteiger partial charge is 0.251 e. The largest absolute Gasteiger partial charge is 0.373 e. The molecule has 136 valence electrons. The molecule has 0 radical (unpaired) electrons. The molecule has 1 N–H and O–H groups in total. The number of hydrogen-bond donors (Lipinski definition) is 1. The van der Waals surface area contributed by atoms with Crippen LogP contribution in [0.2, 0.25) is 0 Å². The third-order valence-corrected chi connectivity index (χ3v) is 5.68. The molecule has 1 aromatic rings. The predicted molar refractivity (Wildman–Crippen MR) is 98.4 cm³/mol. The zero-order valence-corrected chi connectivity index (χ0v) is 15.4. The van der Waals surface area contributed by atoms with E-state index in [1.165, 1.54) is 31.2 Å². The Kier molecular flexibility index (Phi) is 4.83. The molecule has 1 heterocycles. The molecule has 0 aromatic heterocycles. The van der Waals surface area contributed by atoms with Crippen molar-refractivity contribution in [3.63, 3.8) is 0 Å². The minimum Gasteiger partial charge on any atom is -0.373 e. The Morgan fingerprint density at radius 2 is 1.64 bits per heavy atom. The van der Waals surface area contributed by atoms with E-state index in [1.54, 1.807) is 0 Å². The van der Waals surface area contributed by atoms with Gasteiger partial charge in [-0.15, -0.1) is 0 Å². The second-order valence-corrected chi connectivity index (χ2v) is 8.32. The fraction of sp³-hybridized carbons (Fsp3) is 0.667. The fourth-order valence-electron chi connectivity index (χ4n) is 4.20. The summed E-state index contributed by atoms with van der Waals surface area (Å²) >= 11 is 0. The van der Waals surface area contributed by atoms with E-state index >= 15 is 0 Å².